The number of aromatic nitrogens is 5. The molecule has 1 aromatic carbocycles. The molecule has 0 saturated heterocycles. The van der Waals surface area contributed by atoms with E-state index in [-0.39, 0.29) is 0 Å². The van der Waals surface area contributed by atoms with Crippen molar-refractivity contribution in [2.45, 2.75) is 6.42 Å². The molecule has 6 nitrogen and oxygen atoms in total. The summed E-state index contributed by atoms with van der Waals surface area (Å²) in [4.78, 5) is 4.08. The molecule has 3 aromatic rings. The van der Waals surface area contributed by atoms with E-state index in [4.69, 9.17) is 23.2 Å². The van der Waals surface area contributed by atoms with Gasteiger partial charge in [-0.3, -0.25) is 4.98 Å². The molecule has 0 bridgehead atoms. The number of nitrogens with zero attached hydrogens (tertiary/aromatic N) is 5. The van der Waals surface area contributed by atoms with Gasteiger partial charge in [0.2, 0.25) is 5.95 Å². The third kappa shape index (κ3) is 3.18. The van der Waals surface area contributed by atoms with Crippen LogP contribution in [0, 0.1) is 0 Å². The van der Waals surface area contributed by atoms with Crippen molar-refractivity contribution in [1.82, 2.24) is 25.2 Å². The lowest BCUT2D eigenvalue weighted by Crippen LogP contribution is -2.11. The summed E-state index contributed by atoms with van der Waals surface area (Å²) in [6.07, 6.45) is 4.39. The standard InChI is InChI=1S/C14H12Cl2N6/c15-11-4-1-5-12(13(11)16)22-14(19-20-21-22)18-8-6-10-3-2-7-17-9-10/h1-5,7,9H,6,8H2,(H,18,19,21). The van der Waals surface area contributed by atoms with E-state index in [1.165, 1.54) is 4.68 Å². The van der Waals surface area contributed by atoms with Gasteiger partial charge in [-0.1, -0.05) is 40.4 Å². The highest BCUT2D eigenvalue weighted by atomic mass is 35.5. The third-order valence-electron chi connectivity index (χ3n) is 3.05. The van der Waals surface area contributed by atoms with Crippen molar-refractivity contribution in [1.29, 1.82) is 0 Å². The van der Waals surface area contributed by atoms with Crippen LogP contribution in [0.25, 0.3) is 5.69 Å². The number of rotatable bonds is 5. The summed E-state index contributed by atoms with van der Waals surface area (Å²) >= 11 is 12.2. The first kappa shape index (κ1) is 14.7. The lowest BCUT2D eigenvalue weighted by Gasteiger charge is -2.09. The highest BCUT2D eigenvalue weighted by molar-refractivity contribution is 6.43. The van der Waals surface area contributed by atoms with Crippen LogP contribution in [0.3, 0.4) is 0 Å². The molecule has 0 amide bonds. The summed E-state index contributed by atoms with van der Waals surface area (Å²) in [7, 11) is 0. The van der Waals surface area contributed by atoms with E-state index in [0.717, 1.165) is 12.0 Å². The maximum atomic E-state index is 6.20. The summed E-state index contributed by atoms with van der Waals surface area (Å²) in [5, 5.41) is 15.6. The molecule has 0 saturated carbocycles. The van der Waals surface area contributed by atoms with Crippen LogP contribution in [0.1, 0.15) is 5.56 Å². The molecule has 0 aliphatic rings. The number of benzene rings is 1. The summed E-state index contributed by atoms with van der Waals surface area (Å²) in [5.41, 5.74) is 1.76. The first-order valence-electron chi connectivity index (χ1n) is 6.61. The van der Waals surface area contributed by atoms with E-state index < -0.39 is 0 Å². The Bertz CT molecular complexity index is 759. The number of hydrogen-bond acceptors (Lipinski definition) is 5. The monoisotopic (exact) mass is 334 g/mol. The number of hydrogen-bond donors (Lipinski definition) is 1. The maximum absolute atomic E-state index is 6.20. The van der Waals surface area contributed by atoms with Gasteiger partial charge in [0, 0.05) is 18.9 Å². The van der Waals surface area contributed by atoms with Gasteiger partial charge in [0.15, 0.2) is 0 Å². The number of halogens is 2. The molecule has 2 heterocycles. The first-order valence-corrected chi connectivity index (χ1v) is 7.37. The fourth-order valence-electron chi connectivity index (χ4n) is 1.98. The van der Waals surface area contributed by atoms with Crippen molar-refractivity contribution in [3.8, 4) is 5.69 Å². The zero-order valence-corrected chi connectivity index (χ0v) is 13.0. The van der Waals surface area contributed by atoms with Crippen molar-refractivity contribution in [2.75, 3.05) is 11.9 Å². The van der Waals surface area contributed by atoms with Gasteiger partial charge in [0.05, 0.1) is 15.7 Å². The molecule has 0 radical (unpaired) electrons. The molecule has 0 fully saturated rings. The molecule has 0 spiro atoms. The smallest absolute Gasteiger partial charge is 0.247 e. The second-order valence-electron chi connectivity index (χ2n) is 4.53. The highest BCUT2D eigenvalue weighted by Gasteiger charge is 2.12. The van der Waals surface area contributed by atoms with E-state index in [1.807, 2.05) is 18.3 Å². The summed E-state index contributed by atoms with van der Waals surface area (Å²) < 4.78 is 1.53. The van der Waals surface area contributed by atoms with Crippen LogP contribution in [0.2, 0.25) is 10.0 Å². The van der Waals surface area contributed by atoms with Crippen molar-refractivity contribution in [3.63, 3.8) is 0 Å². The molecule has 112 valence electrons. The fraction of sp³-hybridized carbons (Fsp3) is 0.143. The maximum Gasteiger partial charge on any atom is 0.247 e. The average molecular weight is 335 g/mol. The van der Waals surface area contributed by atoms with Gasteiger partial charge in [0.1, 0.15) is 0 Å². The second kappa shape index (κ2) is 6.72. The summed E-state index contributed by atoms with van der Waals surface area (Å²) in [6, 6.07) is 9.24. The topological polar surface area (TPSA) is 68.5 Å². The van der Waals surface area contributed by atoms with Crippen LogP contribution in [-0.2, 0) is 6.42 Å². The van der Waals surface area contributed by atoms with Gasteiger partial charge in [-0.05, 0) is 40.6 Å². The van der Waals surface area contributed by atoms with Crippen LogP contribution < -0.4 is 5.32 Å². The Hall–Kier alpha value is -2.18. The van der Waals surface area contributed by atoms with E-state index in [1.54, 1.807) is 24.4 Å². The van der Waals surface area contributed by atoms with Crippen LogP contribution in [0.5, 0.6) is 0 Å². The fourth-order valence-corrected chi connectivity index (χ4v) is 2.36. The highest BCUT2D eigenvalue weighted by Crippen LogP contribution is 2.28. The third-order valence-corrected chi connectivity index (χ3v) is 3.86. The number of anilines is 1. The van der Waals surface area contributed by atoms with Gasteiger partial charge in [-0.15, -0.1) is 0 Å². The zero-order chi connectivity index (χ0) is 15.4. The lowest BCUT2D eigenvalue weighted by molar-refractivity contribution is 0.789. The van der Waals surface area contributed by atoms with E-state index >= 15 is 0 Å². The van der Waals surface area contributed by atoms with Gasteiger partial charge in [-0.2, -0.15) is 4.68 Å². The molecule has 0 aliphatic carbocycles. The average Bonchev–Trinajstić information content (AvgIpc) is 2.99. The molecule has 0 unspecified atom stereocenters. The van der Waals surface area contributed by atoms with Crippen molar-refractivity contribution in [3.05, 3.63) is 58.3 Å². The van der Waals surface area contributed by atoms with E-state index in [0.29, 0.717) is 28.2 Å². The van der Waals surface area contributed by atoms with Gasteiger partial charge in [0.25, 0.3) is 0 Å². The van der Waals surface area contributed by atoms with Crippen LogP contribution in [0.4, 0.5) is 5.95 Å². The number of pyridine rings is 1. The van der Waals surface area contributed by atoms with E-state index in [2.05, 4.69) is 25.8 Å². The van der Waals surface area contributed by atoms with E-state index in [9.17, 15) is 0 Å². The second-order valence-corrected chi connectivity index (χ2v) is 5.31. The molecule has 0 aliphatic heterocycles. The normalized spacial score (nSPS) is 10.6. The molecule has 2 aromatic heterocycles. The van der Waals surface area contributed by atoms with Crippen LogP contribution in [-0.4, -0.2) is 31.7 Å². The quantitative estimate of drug-likeness (QED) is 0.776. The van der Waals surface area contributed by atoms with Gasteiger partial charge >= 0.3 is 0 Å². The summed E-state index contributed by atoms with van der Waals surface area (Å²) in [5.74, 6) is 0.507. The minimum Gasteiger partial charge on any atom is -0.352 e. The van der Waals surface area contributed by atoms with Crippen LogP contribution in [0.15, 0.2) is 42.7 Å². The van der Waals surface area contributed by atoms with Gasteiger partial charge < -0.3 is 5.32 Å². The Morgan fingerprint density at radius 2 is 2.05 bits per heavy atom. The van der Waals surface area contributed by atoms with Crippen LogP contribution >= 0.6 is 23.2 Å². The SMILES string of the molecule is Clc1cccc(-n2nnnc2NCCc2cccnc2)c1Cl. The van der Waals surface area contributed by atoms with Crippen molar-refractivity contribution < 1.29 is 0 Å². The Labute approximate surface area is 137 Å². The van der Waals surface area contributed by atoms with Crippen molar-refractivity contribution >= 4 is 29.2 Å². The largest absolute Gasteiger partial charge is 0.352 e. The molecular formula is C14H12Cl2N6. The zero-order valence-electron chi connectivity index (χ0n) is 11.4. The predicted octanol–water partition coefficient (Wildman–Crippen LogP) is 3.02. The molecule has 8 heteroatoms. The van der Waals surface area contributed by atoms with Crippen molar-refractivity contribution in [2.24, 2.45) is 0 Å². The predicted molar refractivity (Wildman–Crippen MR) is 85.6 cm³/mol. The molecule has 3 rings (SSSR count). The summed E-state index contributed by atoms with van der Waals surface area (Å²) in [6.45, 7) is 0.671. The molecule has 22 heavy (non-hydrogen) atoms. The number of tetrazole rings is 1. The molecule has 1 N–H and O–H groups in total. The Balaban J connectivity index is 1.74. The lowest BCUT2D eigenvalue weighted by atomic mass is 10.2. The Morgan fingerprint density at radius 3 is 2.86 bits per heavy atom. The minimum absolute atomic E-state index is 0.409. The molecular weight excluding hydrogens is 323 g/mol. The minimum atomic E-state index is 0.409. The Morgan fingerprint density at radius 1 is 1.14 bits per heavy atom. The van der Waals surface area contributed by atoms with Gasteiger partial charge in [-0.25, -0.2) is 0 Å². The molecule has 0 atom stereocenters. The Kier molecular flexibility index (Phi) is 4.50. The number of nitrogens with one attached hydrogen (secondary N) is 1. The first-order chi connectivity index (χ1) is 10.8.